The van der Waals surface area contributed by atoms with Gasteiger partial charge < -0.3 is 9.64 Å². The smallest absolute Gasteiger partial charge is 0.328 e. The van der Waals surface area contributed by atoms with Crippen molar-refractivity contribution in [1.82, 2.24) is 4.90 Å². The lowest BCUT2D eigenvalue weighted by molar-refractivity contribution is -0.158. The number of carbonyl (C=O) groups excluding carboxylic acids is 2. The molecule has 0 aliphatic rings. The second kappa shape index (κ2) is 12.5. The van der Waals surface area contributed by atoms with Crippen LogP contribution in [0.2, 0.25) is 0 Å². The lowest BCUT2D eigenvalue weighted by Gasteiger charge is -2.29. The Balaban J connectivity index is 4.58. The maximum atomic E-state index is 12.4. The molecule has 130 valence electrons. The maximum absolute atomic E-state index is 12.4. The molecule has 4 nitrogen and oxygen atoms in total. The Hall–Kier alpha value is -1.06. The Morgan fingerprint density at radius 3 is 2.14 bits per heavy atom. The standard InChI is InChI=1S/C18H35NO3/c1-6-9-11-12-13-17(20)19(14-10-7-2)16(5)18(21)22-15(4)8-3/h15-16H,6-14H2,1-5H3. The van der Waals surface area contributed by atoms with Gasteiger partial charge in [-0.05, 0) is 33.1 Å². The summed E-state index contributed by atoms with van der Waals surface area (Å²) in [6.07, 6.45) is 7.46. The fraction of sp³-hybridized carbons (Fsp3) is 0.889. The molecule has 0 saturated carbocycles. The molecule has 0 fully saturated rings. The largest absolute Gasteiger partial charge is 0.461 e. The van der Waals surface area contributed by atoms with E-state index in [1.807, 2.05) is 13.8 Å². The molecule has 0 aromatic carbocycles. The van der Waals surface area contributed by atoms with Gasteiger partial charge in [-0.1, -0.05) is 46.5 Å². The van der Waals surface area contributed by atoms with Crippen LogP contribution in [0.3, 0.4) is 0 Å². The van der Waals surface area contributed by atoms with Crippen molar-refractivity contribution in [3.63, 3.8) is 0 Å². The number of carbonyl (C=O) groups is 2. The molecule has 0 aliphatic heterocycles. The molecule has 0 aromatic heterocycles. The van der Waals surface area contributed by atoms with Crippen molar-refractivity contribution < 1.29 is 14.3 Å². The Kier molecular flexibility index (Phi) is 11.9. The van der Waals surface area contributed by atoms with Crippen LogP contribution in [0.5, 0.6) is 0 Å². The second-order valence-corrected chi connectivity index (χ2v) is 6.08. The van der Waals surface area contributed by atoms with E-state index in [-0.39, 0.29) is 18.0 Å². The molecule has 0 spiro atoms. The quantitative estimate of drug-likeness (QED) is 0.398. The fourth-order valence-corrected chi connectivity index (χ4v) is 2.22. The van der Waals surface area contributed by atoms with Crippen LogP contribution in [-0.4, -0.2) is 35.5 Å². The van der Waals surface area contributed by atoms with Crippen LogP contribution in [0, 0.1) is 0 Å². The van der Waals surface area contributed by atoms with Crippen LogP contribution >= 0.6 is 0 Å². The third-order valence-corrected chi connectivity index (χ3v) is 4.02. The Bertz CT molecular complexity index is 317. The highest BCUT2D eigenvalue weighted by Crippen LogP contribution is 2.12. The highest BCUT2D eigenvalue weighted by Gasteiger charge is 2.27. The van der Waals surface area contributed by atoms with E-state index in [0.29, 0.717) is 13.0 Å². The summed E-state index contributed by atoms with van der Waals surface area (Å²) in [7, 11) is 0. The second-order valence-electron chi connectivity index (χ2n) is 6.08. The first-order valence-electron chi connectivity index (χ1n) is 8.97. The molecular formula is C18H35NO3. The van der Waals surface area contributed by atoms with Crippen LogP contribution < -0.4 is 0 Å². The molecule has 0 rings (SSSR count). The molecule has 0 radical (unpaired) electrons. The van der Waals surface area contributed by atoms with E-state index in [2.05, 4.69) is 13.8 Å². The first-order valence-corrected chi connectivity index (χ1v) is 8.97. The molecule has 0 saturated heterocycles. The SMILES string of the molecule is CCCCCCC(=O)N(CCCC)C(C)C(=O)OC(C)CC. The zero-order valence-corrected chi connectivity index (χ0v) is 15.2. The summed E-state index contributed by atoms with van der Waals surface area (Å²) >= 11 is 0. The Labute approximate surface area is 136 Å². The normalized spacial score (nSPS) is 13.5. The predicted molar refractivity (Wildman–Crippen MR) is 90.7 cm³/mol. The van der Waals surface area contributed by atoms with Crippen molar-refractivity contribution in [3.8, 4) is 0 Å². The molecule has 2 atom stereocenters. The van der Waals surface area contributed by atoms with Crippen LogP contribution in [-0.2, 0) is 14.3 Å². The summed E-state index contributed by atoms with van der Waals surface area (Å²) in [6.45, 7) is 10.5. The van der Waals surface area contributed by atoms with Crippen molar-refractivity contribution in [2.75, 3.05) is 6.54 Å². The highest BCUT2D eigenvalue weighted by atomic mass is 16.5. The van der Waals surface area contributed by atoms with E-state index in [0.717, 1.165) is 44.9 Å². The Morgan fingerprint density at radius 2 is 1.59 bits per heavy atom. The van der Waals surface area contributed by atoms with Crippen molar-refractivity contribution >= 4 is 11.9 Å². The number of hydrogen-bond donors (Lipinski definition) is 0. The lowest BCUT2D eigenvalue weighted by Crippen LogP contribution is -2.45. The van der Waals surface area contributed by atoms with E-state index < -0.39 is 6.04 Å². The minimum absolute atomic E-state index is 0.0816. The van der Waals surface area contributed by atoms with Crippen LogP contribution in [0.15, 0.2) is 0 Å². The predicted octanol–water partition coefficient (Wildman–Crippen LogP) is 4.32. The van der Waals surface area contributed by atoms with Gasteiger partial charge in [0, 0.05) is 13.0 Å². The number of rotatable bonds is 12. The van der Waals surface area contributed by atoms with Gasteiger partial charge in [0.05, 0.1) is 6.10 Å². The summed E-state index contributed by atoms with van der Waals surface area (Å²) in [5.74, 6) is -0.203. The average molecular weight is 313 g/mol. The van der Waals surface area contributed by atoms with Gasteiger partial charge in [-0.25, -0.2) is 4.79 Å². The summed E-state index contributed by atoms with van der Waals surface area (Å²) in [6, 6.07) is -0.487. The number of hydrogen-bond acceptors (Lipinski definition) is 3. The summed E-state index contributed by atoms with van der Waals surface area (Å²) in [5.41, 5.74) is 0. The zero-order chi connectivity index (χ0) is 17.0. The summed E-state index contributed by atoms with van der Waals surface area (Å²) in [5, 5.41) is 0. The van der Waals surface area contributed by atoms with E-state index in [1.54, 1.807) is 11.8 Å². The van der Waals surface area contributed by atoms with E-state index >= 15 is 0 Å². The van der Waals surface area contributed by atoms with Gasteiger partial charge >= 0.3 is 5.97 Å². The molecule has 2 unspecified atom stereocenters. The van der Waals surface area contributed by atoms with Gasteiger partial charge in [0.25, 0.3) is 0 Å². The van der Waals surface area contributed by atoms with Crippen LogP contribution in [0.4, 0.5) is 0 Å². The number of unbranched alkanes of at least 4 members (excludes halogenated alkanes) is 4. The van der Waals surface area contributed by atoms with Gasteiger partial charge in [-0.3, -0.25) is 4.79 Å². The molecule has 0 N–H and O–H groups in total. The fourth-order valence-electron chi connectivity index (χ4n) is 2.22. The highest BCUT2D eigenvalue weighted by molar-refractivity contribution is 5.84. The van der Waals surface area contributed by atoms with E-state index in [9.17, 15) is 9.59 Å². The van der Waals surface area contributed by atoms with Crippen molar-refractivity contribution in [3.05, 3.63) is 0 Å². The number of esters is 1. The van der Waals surface area contributed by atoms with Crippen molar-refractivity contribution in [2.45, 2.75) is 98.1 Å². The molecular weight excluding hydrogens is 278 g/mol. The van der Waals surface area contributed by atoms with Gasteiger partial charge in [0.2, 0.25) is 5.91 Å². The van der Waals surface area contributed by atoms with Crippen LogP contribution in [0.1, 0.15) is 86.0 Å². The number of nitrogens with zero attached hydrogens (tertiary/aromatic N) is 1. The van der Waals surface area contributed by atoms with Crippen molar-refractivity contribution in [1.29, 1.82) is 0 Å². The minimum Gasteiger partial charge on any atom is -0.461 e. The monoisotopic (exact) mass is 313 g/mol. The first-order chi connectivity index (χ1) is 10.5. The molecule has 0 aromatic rings. The minimum atomic E-state index is -0.487. The van der Waals surface area contributed by atoms with Gasteiger partial charge in [0.15, 0.2) is 0 Å². The summed E-state index contributed by atoms with van der Waals surface area (Å²) < 4.78 is 5.38. The van der Waals surface area contributed by atoms with Crippen LogP contribution in [0.25, 0.3) is 0 Å². The van der Waals surface area contributed by atoms with Gasteiger partial charge in [0.1, 0.15) is 6.04 Å². The Morgan fingerprint density at radius 1 is 0.955 bits per heavy atom. The zero-order valence-electron chi connectivity index (χ0n) is 15.2. The molecule has 22 heavy (non-hydrogen) atoms. The molecule has 1 amide bonds. The van der Waals surface area contributed by atoms with Gasteiger partial charge in [-0.15, -0.1) is 0 Å². The average Bonchev–Trinajstić information content (AvgIpc) is 2.51. The van der Waals surface area contributed by atoms with Gasteiger partial charge in [-0.2, -0.15) is 0 Å². The van der Waals surface area contributed by atoms with E-state index in [1.165, 1.54) is 0 Å². The molecule has 0 aliphatic carbocycles. The summed E-state index contributed by atoms with van der Waals surface area (Å²) in [4.78, 5) is 26.3. The number of amides is 1. The molecule has 0 heterocycles. The third kappa shape index (κ3) is 8.40. The molecule has 4 heteroatoms. The third-order valence-electron chi connectivity index (χ3n) is 4.02. The van der Waals surface area contributed by atoms with Crippen molar-refractivity contribution in [2.24, 2.45) is 0 Å². The first kappa shape index (κ1) is 20.9. The lowest BCUT2D eigenvalue weighted by atomic mass is 10.1. The number of ether oxygens (including phenoxy) is 1. The molecule has 0 bridgehead atoms. The maximum Gasteiger partial charge on any atom is 0.328 e. The topological polar surface area (TPSA) is 46.6 Å². The van der Waals surface area contributed by atoms with E-state index in [4.69, 9.17) is 4.74 Å².